The molecule has 4 heterocycles. The van der Waals surface area contributed by atoms with Gasteiger partial charge in [-0.1, -0.05) is 34.3 Å². The van der Waals surface area contributed by atoms with Crippen LogP contribution in [0, 0.1) is 0 Å². The number of carboxylic acid groups (broad SMARTS) is 1. The highest BCUT2D eigenvalue weighted by molar-refractivity contribution is 8.03. The zero-order valence-electron chi connectivity index (χ0n) is 17.4. The Morgan fingerprint density at radius 3 is 2.94 bits per heavy atom. The van der Waals surface area contributed by atoms with Crippen molar-refractivity contribution in [3.8, 4) is 0 Å². The second-order valence-corrected chi connectivity index (χ2v) is 10.7. The molecular weight excluding hydrogens is 523 g/mol. The molecule has 0 saturated carbocycles. The maximum atomic E-state index is 12.9. The molecule has 2 atom stereocenters. The third kappa shape index (κ3) is 4.94. The maximum absolute atomic E-state index is 12.9. The Morgan fingerprint density at radius 2 is 2.29 bits per heavy atom. The number of anilines is 1. The van der Waals surface area contributed by atoms with Crippen LogP contribution in [0.5, 0.6) is 0 Å². The molecule has 0 radical (unpaired) electrons. The molecule has 12 nitrogen and oxygen atoms in total. The second kappa shape index (κ2) is 10.5. The third-order valence-corrected chi connectivity index (χ3v) is 8.28. The Morgan fingerprint density at radius 1 is 1.47 bits per heavy atom. The Kier molecular flexibility index (Phi) is 7.50. The lowest BCUT2D eigenvalue weighted by molar-refractivity contribution is -0.153. The summed E-state index contributed by atoms with van der Waals surface area (Å²) in [6.45, 7) is 0. The number of hydrogen-bond donors (Lipinski definition) is 3. The van der Waals surface area contributed by atoms with Gasteiger partial charge in [-0.2, -0.15) is 0 Å². The Balaban J connectivity index is 1.45. The molecule has 0 spiro atoms. The van der Waals surface area contributed by atoms with Crippen molar-refractivity contribution < 1.29 is 24.3 Å². The van der Waals surface area contributed by atoms with Gasteiger partial charge in [0.25, 0.3) is 11.8 Å². The molecular formula is C18H17N7O5S4. The van der Waals surface area contributed by atoms with E-state index < -0.39 is 29.9 Å². The zero-order chi connectivity index (χ0) is 24.2. The number of thiazole rings is 1. The normalized spacial score (nSPS) is 20.3. The molecule has 1 fully saturated rings. The minimum Gasteiger partial charge on any atom is -0.477 e. The van der Waals surface area contributed by atoms with E-state index in [0.29, 0.717) is 17.1 Å². The first kappa shape index (κ1) is 24.2. The van der Waals surface area contributed by atoms with E-state index in [1.54, 1.807) is 10.9 Å². The van der Waals surface area contributed by atoms with Gasteiger partial charge in [-0.25, -0.2) is 9.78 Å². The smallest absolute Gasteiger partial charge is 0.353 e. The maximum Gasteiger partial charge on any atom is 0.353 e. The van der Waals surface area contributed by atoms with Crippen LogP contribution in [0.3, 0.4) is 0 Å². The highest BCUT2D eigenvalue weighted by atomic mass is 32.2. The van der Waals surface area contributed by atoms with Crippen LogP contribution in [0.4, 0.5) is 5.13 Å². The van der Waals surface area contributed by atoms with E-state index in [1.165, 1.54) is 46.9 Å². The van der Waals surface area contributed by atoms with Crippen LogP contribution in [0.25, 0.3) is 0 Å². The molecule has 16 heteroatoms. The van der Waals surface area contributed by atoms with Crippen molar-refractivity contribution in [1.82, 2.24) is 25.4 Å². The van der Waals surface area contributed by atoms with Crippen molar-refractivity contribution in [1.29, 1.82) is 0 Å². The van der Waals surface area contributed by atoms with E-state index in [2.05, 4.69) is 25.7 Å². The van der Waals surface area contributed by atoms with Gasteiger partial charge in [-0.15, -0.1) is 33.3 Å². The Labute approximate surface area is 209 Å². The quantitative estimate of drug-likeness (QED) is 0.182. The number of carbonyl (C=O) groups is 3. The fourth-order valence-electron chi connectivity index (χ4n) is 3.29. The van der Waals surface area contributed by atoms with Gasteiger partial charge < -0.3 is 21.0 Å². The number of nitrogens with one attached hydrogen (secondary N) is 1. The number of allylic oxidation sites excluding steroid dienone is 2. The first-order valence-corrected chi connectivity index (χ1v) is 13.2. The summed E-state index contributed by atoms with van der Waals surface area (Å²) in [6.07, 6.45) is 2.16. The molecule has 0 aliphatic carbocycles. The van der Waals surface area contributed by atoms with E-state index in [1.807, 2.05) is 11.5 Å². The summed E-state index contributed by atoms with van der Waals surface area (Å²) in [5.74, 6) is -1.94. The topological polar surface area (TPSA) is 173 Å². The van der Waals surface area contributed by atoms with Gasteiger partial charge in [-0.05, 0) is 11.8 Å². The number of β-lactam (4-membered cyclic amide) rings is 1. The number of nitrogens with zero attached hydrogens (tertiary/aromatic N) is 5. The number of rotatable bonds is 9. The largest absolute Gasteiger partial charge is 0.477 e. The molecule has 4 N–H and O–H groups in total. The highest BCUT2D eigenvalue weighted by Gasteiger charge is 2.54. The molecule has 2 aromatic rings. The third-order valence-electron chi connectivity index (χ3n) is 4.71. The van der Waals surface area contributed by atoms with E-state index in [4.69, 9.17) is 10.6 Å². The lowest BCUT2D eigenvalue weighted by atomic mass is 9.94. The van der Waals surface area contributed by atoms with Crippen LogP contribution in [-0.2, 0) is 19.2 Å². The van der Waals surface area contributed by atoms with E-state index in [-0.39, 0.29) is 22.2 Å². The minimum atomic E-state index is -1.20. The summed E-state index contributed by atoms with van der Waals surface area (Å²) >= 11 is 5.26. The summed E-state index contributed by atoms with van der Waals surface area (Å²) in [5, 5.41) is 27.4. The summed E-state index contributed by atoms with van der Waals surface area (Å²) in [4.78, 5) is 48.2. The van der Waals surface area contributed by atoms with Gasteiger partial charge in [0.05, 0.1) is 6.04 Å². The van der Waals surface area contributed by atoms with E-state index >= 15 is 0 Å². The number of fused-ring (bicyclic) bond motifs is 1. The van der Waals surface area contributed by atoms with Crippen LogP contribution >= 0.6 is 46.2 Å². The molecule has 2 amide bonds. The van der Waals surface area contributed by atoms with Gasteiger partial charge in [0, 0.05) is 16.0 Å². The first-order valence-electron chi connectivity index (χ1n) is 9.54. The van der Waals surface area contributed by atoms with Crippen LogP contribution in [0.2, 0.25) is 0 Å². The number of oxime groups is 1. The van der Waals surface area contributed by atoms with Gasteiger partial charge in [0.1, 0.15) is 30.1 Å². The van der Waals surface area contributed by atoms with Gasteiger partial charge in [0.2, 0.25) is 0 Å². The molecule has 4 rings (SSSR count). The average Bonchev–Trinajstić information content (AvgIpc) is 3.49. The number of aromatic nitrogens is 3. The molecule has 34 heavy (non-hydrogen) atoms. The molecule has 1 saturated heterocycles. The zero-order valence-corrected chi connectivity index (χ0v) is 20.7. The number of carboxylic acids is 1. The SMILES string of the molecule is CON=C(C(=O)NC1C(=O)N2C(C(=O)O)=C(C/C=C/Sc3nncs3)SCC12)c1csc(N)n1. The van der Waals surface area contributed by atoms with Crippen LogP contribution in [0.1, 0.15) is 12.1 Å². The molecule has 2 aliphatic heterocycles. The number of nitrogen functional groups attached to an aromatic ring is 1. The number of amides is 2. The molecule has 0 aromatic carbocycles. The van der Waals surface area contributed by atoms with Crippen molar-refractivity contribution in [2.75, 3.05) is 18.6 Å². The number of hydrogen-bond acceptors (Lipinski definition) is 13. The number of nitrogens with two attached hydrogens (primary N) is 1. The van der Waals surface area contributed by atoms with Crippen LogP contribution < -0.4 is 11.1 Å². The number of carbonyl (C=O) groups excluding carboxylic acids is 2. The monoisotopic (exact) mass is 539 g/mol. The predicted octanol–water partition coefficient (Wildman–Crippen LogP) is 1.36. The lowest BCUT2D eigenvalue weighted by Gasteiger charge is -2.49. The summed E-state index contributed by atoms with van der Waals surface area (Å²) in [6, 6.07) is -1.39. The summed E-state index contributed by atoms with van der Waals surface area (Å²) < 4.78 is 0.772. The van der Waals surface area contributed by atoms with Gasteiger partial charge in [0.15, 0.2) is 15.2 Å². The molecule has 2 unspecified atom stereocenters. The average molecular weight is 540 g/mol. The fourth-order valence-corrected chi connectivity index (χ4v) is 6.29. The first-order chi connectivity index (χ1) is 16.4. The molecule has 2 aromatic heterocycles. The lowest BCUT2D eigenvalue weighted by Crippen LogP contribution is -2.73. The van der Waals surface area contributed by atoms with Crippen molar-refractivity contribution in [2.45, 2.75) is 22.8 Å². The fraction of sp³-hybridized carbons (Fsp3) is 0.278. The Bertz CT molecular complexity index is 1190. The highest BCUT2D eigenvalue weighted by Crippen LogP contribution is 2.40. The molecule has 2 aliphatic rings. The summed E-state index contributed by atoms with van der Waals surface area (Å²) in [5.41, 5.74) is 7.28. The second-order valence-electron chi connectivity index (χ2n) is 6.71. The van der Waals surface area contributed by atoms with Crippen molar-refractivity contribution in [3.63, 3.8) is 0 Å². The van der Waals surface area contributed by atoms with Crippen molar-refractivity contribution in [2.24, 2.45) is 5.16 Å². The van der Waals surface area contributed by atoms with Crippen molar-refractivity contribution in [3.05, 3.63) is 38.7 Å². The van der Waals surface area contributed by atoms with Crippen molar-refractivity contribution >= 4 is 74.8 Å². The van der Waals surface area contributed by atoms with Crippen LogP contribution in [-0.4, -0.2) is 73.6 Å². The number of thioether (sulfide) groups is 2. The van der Waals surface area contributed by atoms with E-state index in [9.17, 15) is 19.5 Å². The molecule has 0 bridgehead atoms. The number of aliphatic carboxylic acids is 1. The van der Waals surface area contributed by atoms with Gasteiger partial charge >= 0.3 is 5.97 Å². The minimum absolute atomic E-state index is 0.0691. The summed E-state index contributed by atoms with van der Waals surface area (Å²) in [7, 11) is 1.28. The van der Waals surface area contributed by atoms with Crippen LogP contribution in [0.15, 0.2) is 42.5 Å². The van der Waals surface area contributed by atoms with Gasteiger partial charge in [-0.3, -0.25) is 14.5 Å². The van der Waals surface area contributed by atoms with E-state index in [0.717, 1.165) is 15.7 Å². The standard InChI is InChI=1S/C18H17N7O5S4/c1-30-24-11(8-5-33-17(19)21-8)14(26)22-12-9-6-32-10(13(16(28)29)25(9)15(12)27)3-2-4-31-18-23-20-7-34-18/h2,4-5,7,9,12H,3,6H2,1H3,(H2,19,21)(H,22,26)(H,28,29)/b4-2+,24-11?. The Hall–Kier alpha value is -2.95. The molecule has 178 valence electrons. The predicted molar refractivity (Wildman–Crippen MR) is 129 cm³/mol.